The Balaban J connectivity index is 1.59. The van der Waals surface area contributed by atoms with Crippen molar-refractivity contribution >= 4 is 11.6 Å². The van der Waals surface area contributed by atoms with Gasteiger partial charge in [0.25, 0.3) is 0 Å². The van der Waals surface area contributed by atoms with E-state index in [2.05, 4.69) is 11.0 Å². The topological polar surface area (TPSA) is 29.3 Å². The first-order valence-electron chi connectivity index (χ1n) is 8.58. The molecule has 1 aliphatic heterocycles. The van der Waals surface area contributed by atoms with E-state index in [1.807, 2.05) is 30.3 Å². The monoisotopic (exact) mass is 346 g/mol. The molecule has 1 heterocycles. The van der Waals surface area contributed by atoms with Gasteiger partial charge >= 0.3 is 0 Å². The number of benzene rings is 2. The highest BCUT2D eigenvalue weighted by molar-refractivity contribution is 6.31. The molecular weight excluding hydrogens is 323 g/mol. The number of halogens is 2. The van der Waals surface area contributed by atoms with Crippen LogP contribution in [-0.2, 0) is 6.54 Å². The van der Waals surface area contributed by atoms with Crippen molar-refractivity contribution in [2.75, 3.05) is 19.6 Å². The first-order chi connectivity index (χ1) is 11.7. The maximum absolute atomic E-state index is 13.0. The molecule has 0 aromatic heterocycles. The Morgan fingerprint density at radius 1 is 1.08 bits per heavy atom. The zero-order valence-corrected chi connectivity index (χ0v) is 14.6. The van der Waals surface area contributed by atoms with Gasteiger partial charge < -0.3 is 5.73 Å². The van der Waals surface area contributed by atoms with E-state index in [1.165, 1.54) is 17.7 Å². The molecule has 1 saturated heterocycles. The van der Waals surface area contributed by atoms with Gasteiger partial charge in [0.1, 0.15) is 5.82 Å². The molecule has 0 saturated carbocycles. The van der Waals surface area contributed by atoms with Crippen molar-refractivity contribution in [1.29, 1.82) is 0 Å². The van der Waals surface area contributed by atoms with E-state index in [9.17, 15) is 4.39 Å². The van der Waals surface area contributed by atoms with Gasteiger partial charge in [-0.1, -0.05) is 41.9 Å². The van der Waals surface area contributed by atoms with Crippen molar-refractivity contribution in [3.8, 4) is 0 Å². The molecule has 2 nitrogen and oxygen atoms in total. The summed E-state index contributed by atoms with van der Waals surface area (Å²) in [4.78, 5) is 2.43. The van der Waals surface area contributed by atoms with E-state index in [1.54, 1.807) is 0 Å². The van der Waals surface area contributed by atoms with Crippen molar-refractivity contribution in [3.63, 3.8) is 0 Å². The summed E-state index contributed by atoms with van der Waals surface area (Å²) >= 11 is 6.37. The number of piperidine rings is 1. The highest BCUT2D eigenvalue weighted by Gasteiger charge is 2.27. The average Bonchev–Trinajstić information content (AvgIpc) is 2.61. The van der Waals surface area contributed by atoms with Gasteiger partial charge in [-0.2, -0.15) is 0 Å². The highest BCUT2D eigenvalue weighted by Crippen LogP contribution is 2.35. The Bertz CT molecular complexity index is 651. The van der Waals surface area contributed by atoms with Crippen molar-refractivity contribution in [3.05, 3.63) is 70.5 Å². The van der Waals surface area contributed by atoms with Gasteiger partial charge in [-0.05, 0) is 67.7 Å². The van der Waals surface area contributed by atoms with Crippen LogP contribution in [0.4, 0.5) is 4.39 Å². The molecule has 2 aromatic carbocycles. The molecule has 0 bridgehead atoms. The third kappa shape index (κ3) is 4.15. The Labute approximate surface area is 148 Å². The number of rotatable bonds is 5. The summed E-state index contributed by atoms with van der Waals surface area (Å²) in [6, 6.07) is 14.8. The number of hydrogen-bond donors (Lipinski definition) is 1. The summed E-state index contributed by atoms with van der Waals surface area (Å²) in [6.07, 6.45) is 2.24. The minimum absolute atomic E-state index is 0.178. The molecule has 2 N–H and O–H groups in total. The van der Waals surface area contributed by atoms with Crippen LogP contribution in [0.15, 0.2) is 48.5 Å². The Morgan fingerprint density at radius 3 is 2.38 bits per heavy atom. The zero-order chi connectivity index (χ0) is 16.9. The maximum atomic E-state index is 13.0. The molecule has 0 aliphatic carbocycles. The van der Waals surface area contributed by atoms with E-state index < -0.39 is 0 Å². The second-order valence-electron chi connectivity index (χ2n) is 6.60. The van der Waals surface area contributed by atoms with Crippen molar-refractivity contribution in [1.82, 2.24) is 4.90 Å². The molecular formula is C20H24ClFN2. The molecule has 0 amide bonds. The Morgan fingerprint density at radius 2 is 1.75 bits per heavy atom. The van der Waals surface area contributed by atoms with E-state index in [0.29, 0.717) is 18.4 Å². The van der Waals surface area contributed by atoms with E-state index in [-0.39, 0.29) is 5.82 Å². The van der Waals surface area contributed by atoms with Crippen molar-refractivity contribution in [2.24, 2.45) is 11.7 Å². The smallest absolute Gasteiger partial charge is 0.123 e. The minimum atomic E-state index is -0.178. The fourth-order valence-electron chi connectivity index (χ4n) is 3.71. The molecule has 1 aliphatic rings. The molecule has 2 aromatic rings. The van der Waals surface area contributed by atoms with Crippen LogP contribution < -0.4 is 5.73 Å². The molecule has 1 fully saturated rings. The lowest BCUT2D eigenvalue weighted by Gasteiger charge is -2.36. The van der Waals surface area contributed by atoms with Gasteiger partial charge in [-0.25, -0.2) is 4.39 Å². The lowest BCUT2D eigenvalue weighted by molar-refractivity contribution is 0.163. The summed E-state index contributed by atoms with van der Waals surface area (Å²) in [6.45, 7) is 3.60. The lowest BCUT2D eigenvalue weighted by Crippen LogP contribution is -2.36. The third-order valence-corrected chi connectivity index (χ3v) is 5.42. The van der Waals surface area contributed by atoms with Crippen LogP contribution in [0.3, 0.4) is 0 Å². The largest absolute Gasteiger partial charge is 0.330 e. The van der Waals surface area contributed by atoms with Gasteiger partial charge in [0, 0.05) is 17.5 Å². The van der Waals surface area contributed by atoms with Gasteiger partial charge in [0.05, 0.1) is 0 Å². The van der Waals surface area contributed by atoms with Crippen LogP contribution in [-0.4, -0.2) is 24.5 Å². The summed E-state index contributed by atoms with van der Waals surface area (Å²) in [5, 5.41) is 0.821. The van der Waals surface area contributed by atoms with Gasteiger partial charge in [-0.15, -0.1) is 0 Å². The maximum Gasteiger partial charge on any atom is 0.123 e. The second kappa shape index (κ2) is 8.11. The SMILES string of the molecule is NCC(c1ccccc1Cl)C1CCN(Cc2ccc(F)cc2)CC1. The fraction of sp³-hybridized carbons (Fsp3) is 0.400. The number of hydrogen-bond acceptors (Lipinski definition) is 2. The van der Waals surface area contributed by atoms with Crippen LogP contribution >= 0.6 is 11.6 Å². The van der Waals surface area contributed by atoms with Crippen LogP contribution in [0.25, 0.3) is 0 Å². The molecule has 128 valence electrons. The molecule has 3 rings (SSSR count). The first-order valence-corrected chi connectivity index (χ1v) is 8.96. The first kappa shape index (κ1) is 17.4. The van der Waals surface area contributed by atoms with Crippen LogP contribution in [0.2, 0.25) is 5.02 Å². The lowest BCUT2D eigenvalue weighted by atomic mass is 9.80. The van der Waals surface area contributed by atoms with Crippen LogP contribution in [0, 0.1) is 11.7 Å². The number of nitrogens with two attached hydrogens (primary N) is 1. The quantitative estimate of drug-likeness (QED) is 0.867. The summed E-state index contributed by atoms with van der Waals surface area (Å²) < 4.78 is 13.0. The zero-order valence-electron chi connectivity index (χ0n) is 13.8. The van der Waals surface area contributed by atoms with Crippen molar-refractivity contribution in [2.45, 2.75) is 25.3 Å². The summed E-state index contributed by atoms with van der Waals surface area (Å²) in [7, 11) is 0. The summed E-state index contributed by atoms with van der Waals surface area (Å²) in [5.41, 5.74) is 8.41. The Hall–Kier alpha value is -1.42. The summed E-state index contributed by atoms with van der Waals surface area (Å²) in [5.74, 6) is 0.717. The third-order valence-electron chi connectivity index (χ3n) is 5.08. The second-order valence-corrected chi connectivity index (χ2v) is 7.01. The molecule has 0 spiro atoms. The average molecular weight is 347 g/mol. The standard InChI is InChI=1S/C20H24ClFN2/c21-20-4-2-1-3-18(20)19(13-23)16-9-11-24(12-10-16)14-15-5-7-17(22)8-6-15/h1-8,16,19H,9-14,23H2. The predicted octanol–water partition coefficient (Wildman–Crippen LogP) is 4.43. The normalized spacial score (nSPS) is 17.8. The van der Waals surface area contributed by atoms with E-state index in [0.717, 1.165) is 43.1 Å². The molecule has 1 atom stereocenters. The highest BCUT2D eigenvalue weighted by atomic mass is 35.5. The number of likely N-dealkylation sites (tertiary alicyclic amines) is 1. The molecule has 4 heteroatoms. The van der Waals surface area contributed by atoms with E-state index >= 15 is 0 Å². The predicted molar refractivity (Wildman–Crippen MR) is 97.6 cm³/mol. The molecule has 24 heavy (non-hydrogen) atoms. The minimum Gasteiger partial charge on any atom is -0.330 e. The van der Waals surface area contributed by atoms with Crippen molar-refractivity contribution < 1.29 is 4.39 Å². The fourth-order valence-corrected chi connectivity index (χ4v) is 3.99. The van der Waals surface area contributed by atoms with E-state index in [4.69, 9.17) is 17.3 Å². The number of nitrogens with zero attached hydrogens (tertiary/aromatic N) is 1. The van der Waals surface area contributed by atoms with Crippen LogP contribution in [0.5, 0.6) is 0 Å². The van der Waals surface area contributed by atoms with Gasteiger partial charge in [-0.3, -0.25) is 4.90 Å². The van der Waals surface area contributed by atoms with Gasteiger partial charge in [0.2, 0.25) is 0 Å². The van der Waals surface area contributed by atoms with Gasteiger partial charge in [0.15, 0.2) is 0 Å². The van der Waals surface area contributed by atoms with Crippen LogP contribution in [0.1, 0.15) is 29.9 Å². The Kier molecular flexibility index (Phi) is 5.88. The molecule has 1 unspecified atom stereocenters. The molecule has 0 radical (unpaired) electrons.